The van der Waals surface area contributed by atoms with Crippen molar-refractivity contribution in [1.82, 2.24) is 0 Å². The van der Waals surface area contributed by atoms with Crippen molar-refractivity contribution in [2.24, 2.45) is 5.41 Å². The summed E-state index contributed by atoms with van der Waals surface area (Å²) in [5.41, 5.74) is -0.504. The van der Waals surface area contributed by atoms with Gasteiger partial charge in [-0.1, -0.05) is 6.92 Å². The molecule has 0 saturated carbocycles. The summed E-state index contributed by atoms with van der Waals surface area (Å²) in [4.78, 5) is 33.3. The lowest BCUT2D eigenvalue weighted by Gasteiger charge is -2.20. The van der Waals surface area contributed by atoms with Crippen molar-refractivity contribution >= 4 is 17.7 Å². The van der Waals surface area contributed by atoms with Gasteiger partial charge >= 0.3 is 5.97 Å². The third-order valence-electron chi connectivity index (χ3n) is 3.32. The smallest absolute Gasteiger partial charge is 0.311 e. The first-order chi connectivity index (χ1) is 10.3. The van der Waals surface area contributed by atoms with Gasteiger partial charge in [0.25, 0.3) is 0 Å². The first kappa shape index (κ1) is 17.7. The van der Waals surface area contributed by atoms with Gasteiger partial charge < -0.3 is 19.4 Å². The number of hydrogen-bond acceptors (Lipinski definition) is 6. The predicted molar refractivity (Wildman–Crippen MR) is 76.3 cm³/mol. The van der Waals surface area contributed by atoms with Gasteiger partial charge in [-0.15, -0.1) is 0 Å². The quantitative estimate of drug-likeness (QED) is 0.307. The van der Waals surface area contributed by atoms with Crippen LogP contribution in [0.2, 0.25) is 0 Å². The molecule has 0 amide bonds. The number of carbonyl (C=O) groups is 3. The molecule has 0 heterocycles. The monoisotopic (exact) mass is 307 g/mol. The Morgan fingerprint density at radius 2 is 1.68 bits per heavy atom. The van der Waals surface area contributed by atoms with E-state index in [2.05, 4.69) is 0 Å². The van der Waals surface area contributed by atoms with Crippen LogP contribution in [0.1, 0.15) is 37.6 Å². The highest BCUT2D eigenvalue weighted by Gasteiger charge is 2.26. The van der Waals surface area contributed by atoms with E-state index >= 15 is 0 Å². The fourth-order valence-electron chi connectivity index (χ4n) is 1.45. The Balaban J connectivity index is 2.42. The molecule has 1 aromatic carbocycles. The second-order valence-corrected chi connectivity index (χ2v) is 5.36. The van der Waals surface area contributed by atoms with E-state index in [0.717, 1.165) is 0 Å². The van der Waals surface area contributed by atoms with E-state index in [1.54, 1.807) is 0 Å². The summed E-state index contributed by atoms with van der Waals surface area (Å²) in [6.07, 6.45) is 0.681. The van der Waals surface area contributed by atoms with Crippen molar-refractivity contribution in [1.29, 1.82) is 0 Å². The number of ether oxygens (including phenoxy) is 2. The molecule has 1 aromatic rings. The van der Waals surface area contributed by atoms with Gasteiger partial charge in [0, 0.05) is 5.56 Å². The normalized spacial score (nSPS) is 10.9. The molecule has 0 radical (unpaired) electrons. The second kappa shape index (κ2) is 7.59. The number of esters is 1. The van der Waals surface area contributed by atoms with Gasteiger partial charge in [-0.05, 0) is 44.5 Å². The van der Waals surface area contributed by atoms with E-state index < -0.39 is 17.2 Å². The van der Waals surface area contributed by atoms with Gasteiger partial charge in [0.1, 0.15) is 24.9 Å². The third kappa shape index (κ3) is 4.87. The Kier molecular flexibility index (Phi) is 6.10. The largest absolute Gasteiger partial charge is 0.541 e. The van der Waals surface area contributed by atoms with Crippen molar-refractivity contribution < 1.29 is 29.0 Å². The molecule has 120 valence electrons. The minimum atomic E-state index is -1.75. The fraction of sp³-hybridized carbons (Fsp3) is 0.438. The van der Waals surface area contributed by atoms with Crippen LogP contribution in [-0.4, -0.2) is 30.9 Å². The molecule has 0 N–H and O–H groups in total. The highest BCUT2D eigenvalue weighted by atomic mass is 16.6. The molecular weight excluding hydrogens is 288 g/mol. The van der Waals surface area contributed by atoms with E-state index in [-0.39, 0.29) is 24.7 Å². The summed E-state index contributed by atoms with van der Waals surface area (Å²) in [7, 11) is 0. The van der Waals surface area contributed by atoms with Crippen LogP contribution >= 0.6 is 0 Å². The number of carboxylic acids is 1. The number of benzene rings is 1. The maximum absolute atomic E-state index is 11.7. The Hall–Kier alpha value is -2.37. The number of rotatable bonds is 8. The highest BCUT2D eigenvalue weighted by molar-refractivity contribution is 6.38. The van der Waals surface area contributed by atoms with Crippen molar-refractivity contribution in [3.05, 3.63) is 29.8 Å². The molecule has 0 saturated heterocycles. The van der Waals surface area contributed by atoms with Crippen LogP contribution in [0.15, 0.2) is 24.3 Å². The highest BCUT2D eigenvalue weighted by Crippen LogP contribution is 2.21. The Labute approximate surface area is 129 Å². The average Bonchev–Trinajstić information content (AvgIpc) is 2.51. The third-order valence-corrected chi connectivity index (χ3v) is 3.32. The summed E-state index contributed by atoms with van der Waals surface area (Å²) in [5, 5.41) is 10.4. The molecule has 1 rings (SSSR count). The molecule has 0 bridgehead atoms. The van der Waals surface area contributed by atoms with Gasteiger partial charge in [0.05, 0.1) is 5.41 Å². The van der Waals surface area contributed by atoms with Gasteiger partial charge in [-0.3, -0.25) is 9.59 Å². The van der Waals surface area contributed by atoms with Crippen LogP contribution in [0.3, 0.4) is 0 Å². The number of carbonyl (C=O) groups excluding carboxylic acids is 3. The van der Waals surface area contributed by atoms with Crippen molar-refractivity contribution in [2.75, 3.05) is 13.2 Å². The molecule has 0 aliphatic carbocycles. The molecule has 0 aromatic heterocycles. The van der Waals surface area contributed by atoms with Crippen LogP contribution in [-0.2, 0) is 14.3 Å². The maximum atomic E-state index is 11.7. The summed E-state index contributed by atoms with van der Waals surface area (Å²) >= 11 is 0. The Morgan fingerprint density at radius 3 is 2.18 bits per heavy atom. The minimum Gasteiger partial charge on any atom is -0.541 e. The van der Waals surface area contributed by atoms with Crippen LogP contribution in [0.4, 0.5) is 0 Å². The van der Waals surface area contributed by atoms with Gasteiger partial charge in [0.2, 0.25) is 5.78 Å². The van der Waals surface area contributed by atoms with E-state index in [4.69, 9.17) is 9.47 Å². The molecule has 0 fully saturated rings. The van der Waals surface area contributed by atoms with Crippen molar-refractivity contribution in [3.8, 4) is 5.75 Å². The van der Waals surface area contributed by atoms with E-state index in [9.17, 15) is 19.5 Å². The summed E-state index contributed by atoms with van der Waals surface area (Å²) in [5.74, 6) is -2.67. The van der Waals surface area contributed by atoms with Crippen molar-refractivity contribution in [3.63, 3.8) is 0 Å². The minimum absolute atomic E-state index is 0.0171. The second-order valence-electron chi connectivity index (χ2n) is 5.36. The topological polar surface area (TPSA) is 92.7 Å². The molecule has 0 aliphatic heterocycles. The molecule has 6 heteroatoms. The molecule has 0 aliphatic rings. The molecule has 0 unspecified atom stereocenters. The lowest BCUT2D eigenvalue weighted by molar-refractivity contribution is -0.296. The standard InChI is InChI=1S/C16H20O6/c1-4-16(2,3)15(20)22-10-9-21-12-7-5-11(6-8-12)13(17)14(18)19/h5-8H,4,9-10H2,1-3H3,(H,18,19)/p-1. The molecule has 0 spiro atoms. The van der Waals surface area contributed by atoms with Crippen LogP contribution < -0.4 is 9.84 Å². The van der Waals surface area contributed by atoms with Gasteiger partial charge in [0.15, 0.2) is 0 Å². The van der Waals surface area contributed by atoms with E-state index in [1.165, 1.54) is 24.3 Å². The number of hydrogen-bond donors (Lipinski definition) is 0. The first-order valence-corrected chi connectivity index (χ1v) is 6.93. The Morgan fingerprint density at radius 1 is 1.09 bits per heavy atom. The zero-order chi connectivity index (χ0) is 16.8. The number of ketones is 1. The van der Waals surface area contributed by atoms with Crippen LogP contribution in [0, 0.1) is 5.41 Å². The lowest BCUT2D eigenvalue weighted by Crippen LogP contribution is -2.31. The molecule has 6 nitrogen and oxygen atoms in total. The summed E-state index contributed by atoms with van der Waals surface area (Å²) in [6, 6.07) is 5.60. The van der Waals surface area contributed by atoms with E-state index in [0.29, 0.717) is 12.2 Å². The fourth-order valence-corrected chi connectivity index (χ4v) is 1.45. The van der Waals surface area contributed by atoms with Crippen molar-refractivity contribution in [2.45, 2.75) is 27.2 Å². The van der Waals surface area contributed by atoms with Gasteiger partial charge in [-0.25, -0.2) is 0 Å². The molecular formula is C16H19O6-. The summed E-state index contributed by atoms with van der Waals surface area (Å²) < 4.78 is 10.5. The van der Waals surface area contributed by atoms with Crippen LogP contribution in [0.5, 0.6) is 5.75 Å². The maximum Gasteiger partial charge on any atom is 0.311 e. The number of Topliss-reactive ketones (excluding diaryl/α,β-unsaturated/α-hetero) is 1. The number of carboxylic acid groups (broad SMARTS) is 1. The van der Waals surface area contributed by atoms with Gasteiger partial charge in [-0.2, -0.15) is 0 Å². The zero-order valence-corrected chi connectivity index (χ0v) is 12.9. The van der Waals surface area contributed by atoms with Crippen LogP contribution in [0.25, 0.3) is 0 Å². The average molecular weight is 307 g/mol. The lowest BCUT2D eigenvalue weighted by atomic mass is 9.91. The SMILES string of the molecule is CCC(C)(C)C(=O)OCCOc1ccc(C(=O)C(=O)[O-])cc1. The van der Waals surface area contributed by atoms with E-state index in [1.807, 2.05) is 20.8 Å². The first-order valence-electron chi connectivity index (χ1n) is 6.93. The Bertz CT molecular complexity index is 544. The zero-order valence-electron chi connectivity index (χ0n) is 12.9. The molecule has 0 atom stereocenters. The molecule has 22 heavy (non-hydrogen) atoms. The summed E-state index contributed by atoms with van der Waals surface area (Å²) in [6.45, 7) is 5.81. The predicted octanol–water partition coefficient (Wildman–Crippen LogP) is 0.977. The number of aliphatic carboxylic acids is 1.